The van der Waals surface area contributed by atoms with Crippen molar-refractivity contribution >= 4 is 5.97 Å². The van der Waals surface area contributed by atoms with Crippen LogP contribution in [0, 0.1) is 12.8 Å². The van der Waals surface area contributed by atoms with Crippen molar-refractivity contribution in [3.05, 3.63) is 29.3 Å². The second kappa shape index (κ2) is 9.45. The van der Waals surface area contributed by atoms with Crippen molar-refractivity contribution in [3.8, 4) is 17.1 Å². The first-order valence-corrected chi connectivity index (χ1v) is 11.6. The summed E-state index contributed by atoms with van der Waals surface area (Å²) in [7, 11) is 1.82. The summed E-state index contributed by atoms with van der Waals surface area (Å²) >= 11 is 0. The topological polar surface area (TPSA) is 143 Å². The van der Waals surface area contributed by atoms with Crippen LogP contribution in [0.3, 0.4) is 0 Å². The second-order valence-corrected chi connectivity index (χ2v) is 8.91. The van der Waals surface area contributed by atoms with Crippen LogP contribution in [-0.2, 0) is 23.1 Å². The number of ether oxygens (including phenoxy) is 2. The van der Waals surface area contributed by atoms with Gasteiger partial charge in [-0.25, -0.2) is 9.67 Å². The number of aromatic nitrogens is 8. The summed E-state index contributed by atoms with van der Waals surface area (Å²) in [5, 5.41) is 30.6. The van der Waals surface area contributed by atoms with Crippen LogP contribution < -0.4 is 4.74 Å². The Labute approximate surface area is 196 Å². The van der Waals surface area contributed by atoms with Gasteiger partial charge in [-0.2, -0.15) is 4.80 Å². The Morgan fingerprint density at radius 3 is 2.85 bits per heavy atom. The number of carboxylic acids is 1. The zero-order valence-corrected chi connectivity index (χ0v) is 19.3. The van der Waals surface area contributed by atoms with Gasteiger partial charge in [-0.05, 0) is 62.8 Å². The third-order valence-corrected chi connectivity index (χ3v) is 6.47. The Kier molecular flexibility index (Phi) is 6.22. The van der Waals surface area contributed by atoms with Crippen LogP contribution in [-0.4, -0.2) is 64.0 Å². The monoisotopic (exact) mass is 468 g/mol. The van der Waals surface area contributed by atoms with Crippen LogP contribution in [0.15, 0.2) is 12.1 Å². The maximum atomic E-state index is 11.4. The molecule has 1 aliphatic carbocycles. The first-order chi connectivity index (χ1) is 16.5. The number of aryl methyl sites for hydroxylation is 2. The molecule has 1 saturated carbocycles. The molecule has 0 spiro atoms. The molecule has 12 nitrogen and oxygen atoms in total. The number of carboxylic acid groups (broad SMARTS) is 1. The highest BCUT2D eigenvalue weighted by Crippen LogP contribution is 2.31. The van der Waals surface area contributed by atoms with Crippen LogP contribution in [0.2, 0.25) is 0 Å². The van der Waals surface area contributed by atoms with E-state index in [1.54, 1.807) is 4.68 Å². The molecule has 0 amide bonds. The molecule has 3 aromatic heterocycles. The van der Waals surface area contributed by atoms with Crippen LogP contribution in [0.5, 0.6) is 5.75 Å². The van der Waals surface area contributed by atoms with Crippen molar-refractivity contribution in [2.24, 2.45) is 13.0 Å². The van der Waals surface area contributed by atoms with Gasteiger partial charge in [0.25, 0.3) is 0 Å². The summed E-state index contributed by atoms with van der Waals surface area (Å²) in [4.78, 5) is 17.6. The van der Waals surface area contributed by atoms with Gasteiger partial charge in [0, 0.05) is 13.7 Å². The van der Waals surface area contributed by atoms with Gasteiger partial charge in [-0.1, -0.05) is 5.21 Å². The third-order valence-electron chi connectivity index (χ3n) is 6.47. The SMILES string of the molecule is Cc1nc(-c2nnn(C)c2Cn2nnc([C@H]3CCCO3)n2)ccc1O[C@H]1CCC[C@H](C(=O)O)C1. The predicted octanol–water partition coefficient (Wildman–Crippen LogP) is 2.09. The van der Waals surface area contributed by atoms with Crippen LogP contribution >= 0.6 is 0 Å². The van der Waals surface area contributed by atoms with Crippen molar-refractivity contribution in [2.45, 2.75) is 64.2 Å². The predicted molar refractivity (Wildman–Crippen MR) is 118 cm³/mol. The molecule has 3 aromatic rings. The average molecular weight is 469 g/mol. The number of rotatable bonds is 7. The molecule has 4 heterocycles. The minimum absolute atomic E-state index is 0.0929. The minimum Gasteiger partial charge on any atom is -0.489 e. The first kappa shape index (κ1) is 22.4. The molecule has 0 radical (unpaired) electrons. The number of pyridine rings is 1. The summed E-state index contributed by atoms with van der Waals surface area (Å²) in [5.74, 6) is 0.153. The molecule has 12 heteroatoms. The Morgan fingerprint density at radius 2 is 2.09 bits per heavy atom. The largest absolute Gasteiger partial charge is 0.489 e. The molecule has 1 N–H and O–H groups in total. The van der Waals surface area contributed by atoms with E-state index in [1.165, 1.54) is 4.80 Å². The molecular weight excluding hydrogens is 440 g/mol. The van der Waals surface area contributed by atoms with E-state index in [2.05, 4.69) is 25.7 Å². The van der Waals surface area contributed by atoms with Crippen molar-refractivity contribution in [1.29, 1.82) is 0 Å². The van der Waals surface area contributed by atoms with E-state index in [0.717, 1.165) is 38.0 Å². The minimum atomic E-state index is -0.751. The van der Waals surface area contributed by atoms with Gasteiger partial charge in [-0.3, -0.25) is 4.79 Å². The van der Waals surface area contributed by atoms with Gasteiger partial charge in [0.1, 0.15) is 24.1 Å². The summed E-state index contributed by atoms with van der Waals surface area (Å²) in [6.07, 6.45) is 4.60. The van der Waals surface area contributed by atoms with Crippen molar-refractivity contribution in [3.63, 3.8) is 0 Å². The quantitative estimate of drug-likeness (QED) is 0.547. The van der Waals surface area contributed by atoms with E-state index in [9.17, 15) is 9.90 Å². The van der Waals surface area contributed by atoms with Gasteiger partial charge in [0.2, 0.25) is 5.82 Å². The fourth-order valence-corrected chi connectivity index (χ4v) is 4.58. The molecule has 1 aliphatic heterocycles. The van der Waals surface area contributed by atoms with E-state index in [4.69, 9.17) is 14.5 Å². The van der Waals surface area contributed by atoms with Crippen molar-refractivity contribution in [1.82, 2.24) is 40.2 Å². The van der Waals surface area contributed by atoms with E-state index >= 15 is 0 Å². The molecule has 3 atom stereocenters. The Hall–Kier alpha value is -3.41. The maximum Gasteiger partial charge on any atom is 0.306 e. The second-order valence-electron chi connectivity index (χ2n) is 8.91. The normalized spacial score (nSPS) is 22.7. The lowest BCUT2D eigenvalue weighted by molar-refractivity contribution is -0.143. The Bertz CT molecular complexity index is 1170. The fourth-order valence-electron chi connectivity index (χ4n) is 4.58. The van der Waals surface area contributed by atoms with E-state index in [-0.39, 0.29) is 18.1 Å². The highest BCUT2D eigenvalue weighted by atomic mass is 16.5. The number of hydrogen-bond donors (Lipinski definition) is 1. The Morgan fingerprint density at radius 1 is 1.21 bits per heavy atom. The van der Waals surface area contributed by atoms with Gasteiger partial charge >= 0.3 is 5.97 Å². The standard InChI is InChI=1S/C22H28N8O4/c1-13-18(34-15-6-3-5-14(11-15)22(31)32)9-8-16(23-13)20-17(29(2)27-24-20)12-30-26-21(25-28-30)19-7-4-10-33-19/h8-9,14-15,19H,3-7,10-12H2,1-2H3,(H,31,32)/t14-,15-,19+/m0/s1. The summed E-state index contributed by atoms with van der Waals surface area (Å²) in [5.41, 5.74) is 2.82. The van der Waals surface area contributed by atoms with E-state index in [0.29, 0.717) is 48.0 Å². The summed E-state index contributed by atoms with van der Waals surface area (Å²) < 4.78 is 13.5. The average Bonchev–Trinajstić information content (AvgIpc) is 3.58. The summed E-state index contributed by atoms with van der Waals surface area (Å²) in [6, 6.07) is 3.71. The lowest BCUT2D eigenvalue weighted by Gasteiger charge is -2.27. The summed E-state index contributed by atoms with van der Waals surface area (Å²) in [6.45, 7) is 2.94. The lowest BCUT2D eigenvalue weighted by atomic mass is 9.87. The van der Waals surface area contributed by atoms with E-state index < -0.39 is 5.97 Å². The Balaban J connectivity index is 1.32. The number of aliphatic carboxylic acids is 1. The smallest absolute Gasteiger partial charge is 0.306 e. The zero-order valence-electron chi connectivity index (χ0n) is 19.3. The van der Waals surface area contributed by atoms with Crippen molar-refractivity contribution < 1.29 is 19.4 Å². The molecule has 0 bridgehead atoms. The highest BCUT2D eigenvalue weighted by Gasteiger charge is 2.29. The molecule has 2 fully saturated rings. The first-order valence-electron chi connectivity index (χ1n) is 11.6. The molecular formula is C22H28N8O4. The molecule has 2 aliphatic rings. The van der Waals surface area contributed by atoms with Crippen molar-refractivity contribution in [2.75, 3.05) is 6.61 Å². The zero-order chi connectivity index (χ0) is 23.7. The molecule has 1 saturated heterocycles. The molecule has 34 heavy (non-hydrogen) atoms. The van der Waals surface area contributed by atoms with E-state index in [1.807, 2.05) is 26.1 Å². The number of tetrazole rings is 1. The van der Waals surface area contributed by atoms with Crippen LogP contribution in [0.1, 0.15) is 61.8 Å². The number of nitrogens with zero attached hydrogens (tertiary/aromatic N) is 8. The number of hydrogen-bond acceptors (Lipinski definition) is 9. The fraction of sp³-hybridized carbons (Fsp3) is 0.591. The molecule has 0 unspecified atom stereocenters. The van der Waals surface area contributed by atoms with Gasteiger partial charge in [-0.15, -0.1) is 15.3 Å². The molecule has 0 aromatic carbocycles. The van der Waals surface area contributed by atoms with Gasteiger partial charge < -0.3 is 14.6 Å². The third kappa shape index (κ3) is 4.63. The lowest BCUT2D eigenvalue weighted by Crippen LogP contribution is -2.29. The molecule has 5 rings (SSSR count). The van der Waals surface area contributed by atoms with Gasteiger partial charge in [0.15, 0.2) is 0 Å². The maximum absolute atomic E-state index is 11.4. The number of carbonyl (C=O) groups is 1. The van der Waals surface area contributed by atoms with Crippen LogP contribution in [0.4, 0.5) is 0 Å². The highest BCUT2D eigenvalue weighted by molar-refractivity contribution is 5.70. The molecule has 180 valence electrons. The van der Waals surface area contributed by atoms with Gasteiger partial charge in [0.05, 0.1) is 29.1 Å². The van der Waals surface area contributed by atoms with Crippen LogP contribution in [0.25, 0.3) is 11.4 Å².